The third kappa shape index (κ3) is 4.18. The number of rotatable bonds is 6. The molecule has 0 aliphatic heterocycles. The molecule has 102 valence electrons. The average molecular weight is 271 g/mol. The first-order chi connectivity index (χ1) is 8.39. The normalized spacial score (nSPS) is 13.4. The monoisotopic (exact) mass is 271 g/mol. The van der Waals surface area contributed by atoms with E-state index in [0.717, 1.165) is 6.54 Å². The van der Waals surface area contributed by atoms with E-state index in [1.54, 1.807) is 23.9 Å². The van der Waals surface area contributed by atoms with E-state index in [9.17, 15) is 4.39 Å². The lowest BCUT2D eigenvalue weighted by molar-refractivity contribution is 0.409. The summed E-state index contributed by atoms with van der Waals surface area (Å²) in [6.07, 6.45) is 2.08. The Labute approximate surface area is 113 Å². The van der Waals surface area contributed by atoms with Crippen molar-refractivity contribution in [1.82, 2.24) is 5.32 Å². The van der Waals surface area contributed by atoms with Gasteiger partial charge in [0.15, 0.2) is 0 Å². The number of benzene rings is 1. The molecule has 0 aliphatic rings. The molecule has 1 aromatic carbocycles. The largest absolute Gasteiger partial charge is 0.497 e. The van der Waals surface area contributed by atoms with Crippen molar-refractivity contribution < 1.29 is 9.13 Å². The minimum atomic E-state index is -0.226. The van der Waals surface area contributed by atoms with Crippen molar-refractivity contribution in [3.8, 4) is 5.75 Å². The number of thioether (sulfide) groups is 1. The van der Waals surface area contributed by atoms with Crippen LogP contribution in [0.15, 0.2) is 18.2 Å². The zero-order valence-corrected chi connectivity index (χ0v) is 12.5. The molecule has 1 rings (SSSR count). The predicted octanol–water partition coefficient (Wildman–Crippen LogP) is 3.63. The van der Waals surface area contributed by atoms with Gasteiger partial charge in [-0.1, -0.05) is 6.07 Å². The van der Waals surface area contributed by atoms with E-state index in [-0.39, 0.29) is 16.6 Å². The Kier molecular flexibility index (Phi) is 5.47. The van der Waals surface area contributed by atoms with Gasteiger partial charge in [0.1, 0.15) is 11.6 Å². The summed E-state index contributed by atoms with van der Waals surface area (Å²) in [4.78, 5) is 0. The first-order valence-corrected chi connectivity index (χ1v) is 7.24. The summed E-state index contributed by atoms with van der Waals surface area (Å²) in [7, 11) is 1.54. The fourth-order valence-corrected chi connectivity index (χ4v) is 1.79. The Hall–Kier alpha value is -0.740. The summed E-state index contributed by atoms with van der Waals surface area (Å²) < 4.78 is 19.0. The Morgan fingerprint density at radius 2 is 2.11 bits per heavy atom. The average Bonchev–Trinajstić information content (AvgIpc) is 2.36. The van der Waals surface area contributed by atoms with Crippen LogP contribution in [-0.2, 0) is 0 Å². The molecular formula is C14H22FNOS. The van der Waals surface area contributed by atoms with Crippen molar-refractivity contribution in [3.05, 3.63) is 29.6 Å². The van der Waals surface area contributed by atoms with Gasteiger partial charge in [-0.15, -0.1) is 0 Å². The van der Waals surface area contributed by atoms with E-state index in [0.29, 0.717) is 11.3 Å². The smallest absolute Gasteiger partial charge is 0.131 e. The van der Waals surface area contributed by atoms with E-state index in [1.807, 2.05) is 6.92 Å². The van der Waals surface area contributed by atoms with Crippen molar-refractivity contribution >= 4 is 11.8 Å². The maximum atomic E-state index is 13.9. The van der Waals surface area contributed by atoms with Gasteiger partial charge in [0.25, 0.3) is 0 Å². The number of methoxy groups -OCH3 is 1. The third-order valence-corrected chi connectivity index (χ3v) is 4.31. The van der Waals surface area contributed by atoms with E-state index in [1.165, 1.54) is 13.2 Å². The third-order valence-electron chi connectivity index (χ3n) is 3.06. The van der Waals surface area contributed by atoms with Crippen LogP contribution in [0.1, 0.15) is 32.4 Å². The highest BCUT2D eigenvalue weighted by molar-refractivity contribution is 7.99. The number of nitrogens with one attached hydrogen (secondary N) is 1. The second-order valence-corrected chi connectivity index (χ2v) is 6.47. The van der Waals surface area contributed by atoms with Crippen LogP contribution in [0.3, 0.4) is 0 Å². The highest BCUT2D eigenvalue weighted by Crippen LogP contribution is 2.24. The second-order valence-electron chi connectivity index (χ2n) is 4.95. The molecule has 0 fully saturated rings. The highest BCUT2D eigenvalue weighted by atomic mass is 32.2. The molecule has 0 saturated carbocycles. The summed E-state index contributed by atoms with van der Waals surface area (Å²) in [5, 5.41) is 3.37. The quantitative estimate of drug-likeness (QED) is 0.853. The van der Waals surface area contributed by atoms with Crippen LogP contribution in [0.2, 0.25) is 0 Å². The van der Waals surface area contributed by atoms with Crippen molar-refractivity contribution in [2.75, 3.05) is 19.9 Å². The van der Waals surface area contributed by atoms with Crippen LogP contribution in [-0.4, -0.2) is 24.7 Å². The van der Waals surface area contributed by atoms with Crippen molar-refractivity contribution in [1.29, 1.82) is 0 Å². The highest BCUT2D eigenvalue weighted by Gasteiger charge is 2.18. The van der Waals surface area contributed by atoms with Crippen LogP contribution in [0.5, 0.6) is 5.75 Å². The number of hydrogen-bond acceptors (Lipinski definition) is 3. The topological polar surface area (TPSA) is 21.3 Å². The lowest BCUT2D eigenvalue weighted by Gasteiger charge is -2.25. The lowest BCUT2D eigenvalue weighted by Crippen LogP contribution is -2.33. The van der Waals surface area contributed by atoms with Crippen LogP contribution < -0.4 is 10.1 Å². The van der Waals surface area contributed by atoms with Gasteiger partial charge in [-0.3, -0.25) is 0 Å². The molecule has 4 heteroatoms. The van der Waals surface area contributed by atoms with Gasteiger partial charge in [-0.2, -0.15) is 11.8 Å². The van der Waals surface area contributed by atoms with Gasteiger partial charge < -0.3 is 10.1 Å². The van der Waals surface area contributed by atoms with Crippen molar-refractivity contribution in [2.45, 2.75) is 31.6 Å². The molecule has 0 bridgehead atoms. The molecule has 1 atom stereocenters. The molecule has 0 heterocycles. The van der Waals surface area contributed by atoms with Crippen molar-refractivity contribution in [2.24, 2.45) is 0 Å². The van der Waals surface area contributed by atoms with E-state index >= 15 is 0 Å². The maximum absolute atomic E-state index is 13.9. The molecule has 0 aliphatic carbocycles. The molecule has 0 aromatic heterocycles. The van der Waals surface area contributed by atoms with Gasteiger partial charge in [-0.25, -0.2) is 4.39 Å². The maximum Gasteiger partial charge on any atom is 0.131 e. The first-order valence-electron chi connectivity index (χ1n) is 6.01. The Morgan fingerprint density at radius 1 is 1.44 bits per heavy atom. The standard InChI is InChI=1S/C14H22FNOS/c1-10(16-9-14(2,3)18-5)12-7-6-11(17-4)8-13(12)15/h6-8,10,16H,9H2,1-5H3. The van der Waals surface area contributed by atoms with Crippen LogP contribution in [0, 0.1) is 5.82 Å². The number of halogens is 1. The van der Waals surface area contributed by atoms with Crippen LogP contribution >= 0.6 is 11.8 Å². The molecule has 1 aromatic rings. The molecule has 0 radical (unpaired) electrons. The van der Waals surface area contributed by atoms with E-state index in [4.69, 9.17) is 4.74 Å². The summed E-state index contributed by atoms with van der Waals surface area (Å²) in [6.45, 7) is 7.14. The minimum Gasteiger partial charge on any atom is -0.497 e. The number of ether oxygens (including phenoxy) is 1. The number of hydrogen-bond donors (Lipinski definition) is 1. The second kappa shape index (κ2) is 6.43. The lowest BCUT2D eigenvalue weighted by atomic mass is 10.1. The SMILES string of the molecule is COc1ccc(C(C)NCC(C)(C)SC)c(F)c1. The molecule has 0 amide bonds. The molecule has 0 saturated heterocycles. The summed E-state index contributed by atoms with van der Waals surface area (Å²) >= 11 is 1.80. The van der Waals surface area contributed by atoms with E-state index in [2.05, 4.69) is 25.4 Å². The zero-order chi connectivity index (χ0) is 13.8. The minimum absolute atomic E-state index is 0.0117. The zero-order valence-electron chi connectivity index (χ0n) is 11.7. The fourth-order valence-electron chi connectivity index (χ4n) is 1.57. The van der Waals surface area contributed by atoms with Gasteiger partial charge in [0.05, 0.1) is 7.11 Å². The van der Waals surface area contributed by atoms with Gasteiger partial charge in [0, 0.05) is 29.0 Å². The summed E-state index contributed by atoms with van der Waals surface area (Å²) in [6, 6.07) is 4.98. The van der Waals surface area contributed by atoms with Crippen LogP contribution in [0.25, 0.3) is 0 Å². The predicted molar refractivity (Wildman–Crippen MR) is 77.0 cm³/mol. The molecule has 2 nitrogen and oxygen atoms in total. The van der Waals surface area contributed by atoms with Crippen LogP contribution in [0.4, 0.5) is 4.39 Å². The molecule has 1 unspecified atom stereocenters. The summed E-state index contributed by atoms with van der Waals surface area (Å²) in [5.41, 5.74) is 0.674. The molecule has 18 heavy (non-hydrogen) atoms. The fraction of sp³-hybridized carbons (Fsp3) is 0.571. The Bertz CT molecular complexity index is 395. The molecule has 1 N–H and O–H groups in total. The molecular weight excluding hydrogens is 249 g/mol. The Balaban J connectivity index is 2.70. The molecule has 0 spiro atoms. The van der Waals surface area contributed by atoms with Gasteiger partial charge >= 0.3 is 0 Å². The van der Waals surface area contributed by atoms with Crippen molar-refractivity contribution in [3.63, 3.8) is 0 Å². The first kappa shape index (κ1) is 15.3. The summed E-state index contributed by atoms with van der Waals surface area (Å²) in [5.74, 6) is 0.323. The van der Waals surface area contributed by atoms with Gasteiger partial charge in [0.2, 0.25) is 0 Å². The van der Waals surface area contributed by atoms with Gasteiger partial charge in [-0.05, 0) is 33.1 Å². The Morgan fingerprint density at radius 3 is 2.61 bits per heavy atom. The van der Waals surface area contributed by atoms with E-state index < -0.39 is 0 Å².